The fourth-order valence-corrected chi connectivity index (χ4v) is 6.28. The number of Topliss-reactive ketones (excluding diaryl/α,β-unsaturated/α-hetero) is 1. The summed E-state index contributed by atoms with van der Waals surface area (Å²) in [4.78, 5) is 28.0. The van der Waals surface area contributed by atoms with Crippen LogP contribution in [0.4, 0.5) is 13.2 Å². The van der Waals surface area contributed by atoms with Crippen LogP contribution in [0, 0.1) is 0 Å². The molecule has 1 saturated carbocycles. The van der Waals surface area contributed by atoms with Crippen molar-refractivity contribution >= 4 is 23.1 Å². The van der Waals surface area contributed by atoms with Crippen molar-refractivity contribution < 1.29 is 27.5 Å². The Kier molecular flexibility index (Phi) is 6.34. The minimum Gasteiger partial charge on any atom is -0.459 e. The highest BCUT2D eigenvalue weighted by Gasteiger charge is 2.42. The van der Waals surface area contributed by atoms with Gasteiger partial charge in [-0.2, -0.15) is 13.2 Å². The molecule has 0 bridgehead atoms. The first kappa shape index (κ1) is 23.9. The summed E-state index contributed by atoms with van der Waals surface area (Å²) in [6, 6.07) is 8.73. The molecule has 0 unspecified atom stereocenters. The number of nitrogens with one attached hydrogen (secondary N) is 1. The van der Waals surface area contributed by atoms with Crippen molar-refractivity contribution in [2.75, 3.05) is 0 Å². The summed E-state index contributed by atoms with van der Waals surface area (Å²) in [6.07, 6.45) is -0.164. The third-order valence-corrected chi connectivity index (χ3v) is 8.18. The molecule has 0 spiro atoms. The van der Waals surface area contributed by atoms with Gasteiger partial charge >= 0.3 is 12.1 Å². The van der Waals surface area contributed by atoms with Gasteiger partial charge in [0, 0.05) is 40.1 Å². The number of halogens is 3. The largest absolute Gasteiger partial charge is 0.459 e. The maximum atomic E-state index is 13.5. The molecule has 0 radical (unpaired) electrons. The lowest BCUT2D eigenvalue weighted by Gasteiger charge is -2.36. The van der Waals surface area contributed by atoms with Crippen LogP contribution in [0.3, 0.4) is 0 Å². The Morgan fingerprint density at radius 2 is 1.80 bits per heavy atom. The average Bonchev–Trinajstić information content (AvgIpc) is 3.52. The summed E-state index contributed by atoms with van der Waals surface area (Å²) in [5.74, 6) is -1.34. The molecule has 1 fully saturated rings. The van der Waals surface area contributed by atoms with Gasteiger partial charge in [0.1, 0.15) is 6.10 Å². The number of ketones is 1. The molecule has 5 rings (SSSR count). The molecule has 0 saturated heterocycles. The monoisotopic (exact) mass is 501 g/mol. The van der Waals surface area contributed by atoms with Gasteiger partial charge in [0.15, 0.2) is 5.78 Å². The van der Waals surface area contributed by atoms with Crippen molar-refractivity contribution in [2.45, 2.75) is 69.6 Å². The molecule has 2 atom stereocenters. The van der Waals surface area contributed by atoms with Gasteiger partial charge in [-0.3, -0.25) is 4.79 Å². The first-order valence-electron chi connectivity index (χ1n) is 11.9. The molecule has 8 heteroatoms. The highest BCUT2D eigenvalue weighted by atomic mass is 32.1. The number of thiophene rings is 1. The predicted octanol–water partition coefficient (Wildman–Crippen LogP) is 6.61. The molecular formula is C27H26F3NO3S. The van der Waals surface area contributed by atoms with Gasteiger partial charge in [-0.05, 0) is 68.2 Å². The highest BCUT2D eigenvalue weighted by Crippen LogP contribution is 2.47. The highest BCUT2D eigenvalue weighted by molar-refractivity contribution is 7.10. The first-order chi connectivity index (χ1) is 16.7. The zero-order valence-corrected chi connectivity index (χ0v) is 20.1. The lowest BCUT2D eigenvalue weighted by molar-refractivity contribution is -0.144. The quantitative estimate of drug-likeness (QED) is 0.479. The molecule has 1 aliphatic heterocycles. The Morgan fingerprint density at radius 1 is 1.09 bits per heavy atom. The zero-order valence-electron chi connectivity index (χ0n) is 19.3. The van der Waals surface area contributed by atoms with Crippen molar-refractivity contribution in [1.82, 2.24) is 5.32 Å². The molecule has 1 N–H and O–H groups in total. The van der Waals surface area contributed by atoms with Crippen molar-refractivity contribution in [3.8, 4) is 0 Å². The summed E-state index contributed by atoms with van der Waals surface area (Å²) in [5, 5.41) is 5.27. The van der Waals surface area contributed by atoms with Gasteiger partial charge in [-0.15, -0.1) is 11.3 Å². The topological polar surface area (TPSA) is 55.4 Å². The Hall–Kier alpha value is -2.87. The number of benzene rings is 1. The predicted molar refractivity (Wildman–Crippen MR) is 127 cm³/mol. The minimum absolute atomic E-state index is 0.0294. The number of hydrogen-bond acceptors (Lipinski definition) is 5. The van der Waals surface area contributed by atoms with Crippen LogP contribution in [0.15, 0.2) is 64.3 Å². The van der Waals surface area contributed by atoms with Crippen LogP contribution in [-0.4, -0.2) is 17.9 Å². The van der Waals surface area contributed by atoms with Crippen LogP contribution >= 0.6 is 11.3 Å². The number of alkyl halides is 3. The van der Waals surface area contributed by atoms with Crippen LogP contribution in [0.1, 0.15) is 73.3 Å². The Bertz CT molecular complexity index is 1190. The van der Waals surface area contributed by atoms with E-state index < -0.39 is 23.6 Å². The molecule has 0 amide bonds. The molecular weight excluding hydrogens is 475 g/mol. The van der Waals surface area contributed by atoms with E-state index in [2.05, 4.69) is 5.32 Å². The van der Waals surface area contributed by atoms with E-state index in [9.17, 15) is 22.8 Å². The summed E-state index contributed by atoms with van der Waals surface area (Å²) in [7, 11) is 0. The van der Waals surface area contributed by atoms with E-state index in [1.165, 1.54) is 12.1 Å². The number of hydrogen-bond donors (Lipinski definition) is 1. The van der Waals surface area contributed by atoms with Crippen molar-refractivity contribution in [2.24, 2.45) is 0 Å². The molecule has 2 aliphatic carbocycles. The Labute approximate surface area is 205 Å². The normalized spacial score (nSPS) is 23.4. The minimum atomic E-state index is -4.47. The van der Waals surface area contributed by atoms with Crippen LogP contribution < -0.4 is 5.32 Å². The summed E-state index contributed by atoms with van der Waals surface area (Å²) in [6.45, 7) is 1.77. The maximum Gasteiger partial charge on any atom is 0.416 e. The van der Waals surface area contributed by atoms with Gasteiger partial charge in [0.25, 0.3) is 0 Å². The molecule has 2 aromatic rings. The van der Waals surface area contributed by atoms with Crippen LogP contribution in [-0.2, 0) is 20.5 Å². The van der Waals surface area contributed by atoms with E-state index in [0.29, 0.717) is 35.2 Å². The number of allylic oxidation sites excluding steroid dienone is 3. The van der Waals surface area contributed by atoms with Crippen molar-refractivity contribution in [3.63, 3.8) is 0 Å². The summed E-state index contributed by atoms with van der Waals surface area (Å²) >= 11 is 1.60. The lowest BCUT2D eigenvalue weighted by Crippen LogP contribution is -2.36. The van der Waals surface area contributed by atoms with Gasteiger partial charge in [0.2, 0.25) is 0 Å². The summed E-state index contributed by atoms with van der Waals surface area (Å²) in [5.41, 5.74) is 1.79. The number of ether oxygens (including phenoxy) is 1. The second kappa shape index (κ2) is 9.30. The van der Waals surface area contributed by atoms with E-state index in [0.717, 1.165) is 48.4 Å². The number of carbonyl (C=O) groups excluding carboxylic acids is 2. The van der Waals surface area contributed by atoms with Gasteiger partial charge in [0.05, 0.1) is 11.1 Å². The van der Waals surface area contributed by atoms with Gasteiger partial charge in [-0.1, -0.05) is 18.2 Å². The first-order valence-corrected chi connectivity index (χ1v) is 12.8. The van der Waals surface area contributed by atoms with E-state index in [-0.39, 0.29) is 17.8 Å². The summed E-state index contributed by atoms with van der Waals surface area (Å²) < 4.78 is 45.4. The number of esters is 1. The van der Waals surface area contributed by atoms with Gasteiger partial charge in [-0.25, -0.2) is 4.79 Å². The van der Waals surface area contributed by atoms with E-state index in [1.54, 1.807) is 18.3 Å². The second-order valence-electron chi connectivity index (χ2n) is 9.46. The molecule has 1 aromatic heterocycles. The maximum absolute atomic E-state index is 13.5. The fraction of sp³-hybridized carbons (Fsp3) is 0.407. The third-order valence-electron chi connectivity index (χ3n) is 7.14. The SMILES string of the molecule is CC1=C(C(=O)OC2CCCC2)[C@@H](c2ccc(C(F)(F)F)cc2)C2=C(C[C@@H](c3cccs3)CC2=O)N1. The number of dihydropyridines is 1. The molecule has 1 aromatic carbocycles. The lowest BCUT2D eigenvalue weighted by atomic mass is 9.72. The Morgan fingerprint density at radius 3 is 2.43 bits per heavy atom. The van der Waals surface area contributed by atoms with Crippen LogP contribution in [0.25, 0.3) is 0 Å². The van der Waals surface area contributed by atoms with E-state index in [4.69, 9.17) is 4.74 Å². The van der Waals surface area contributed by atoms with Crippen molar-refractivity contribution in [3.05, 3.63) is 80.3 Å². The number of rotatable bonds is 4. The van der Waals surface area contributed by atoms with E-state index >= 15 is 0 Å². The van der Waals surface area contributed by atoms with E-state index in [1.807, 2.05) is 17.5 Å². The molecule has 35 heavy (non-hydrogen) atoms. The zero-order chi connectivity index (χ0) is 24.7. The van der Waals surface area contributed by atoms with Crippen LogP contribution in [0.2, 0.25) is 0 Å². The number of carbonyl (C=O) groups is 2. The Balaban J connectivity index is 1.55. The smallest absolute Gasteiger partial charge is 0.416 e. The fourth-order valence-electron chi connectivity index (χ4n) is 5.45. The van der Waals surface area contributed by atoms with Crippen molar-refractivity contribution in [1.29, 1.82) is 0 Å². The standard InChI is InChI=1S/C27H26F3NO3S/c1-15-23(26(33)34-19-5-2-3-6-19)24(16-8-10-18(11-9-16)27(28,29)30)25-20(31-15)13-17(14-21(25)32)22-7-4-12-35-22/h4,7-12,17,19,24,31H,2-3,5-6,13-14H2,1H3/t17-,24-/m1/s1. The second-order valence-corrected chi connectivity index (χ2v) is 10.4. The molecule has 184 valence electrons. The third kappa shape index (κ3) is 4.68. The molecule has 2 heterocycles. The molecule has 4 nitrogen and oxygen atoms in total. The molecule has 3 aliphatic rings. The van der Waals surface area contributed by atoms with Gasteiger partial charge < -0.3 is 10.1 Å². The van der Waals surface area contributed by atoms with Crippen LogP contribution in [0.5, 0.6) is 0 Å². The average molecular weight is 502 g/mol.